The minimum atomic E-state index is -1.52. The average molecular weight is 528 g/mol. The van der Waals surface area contributed by atoms with Crippen LogP contribution in [0.3, 0.4) is 0 Å². The third-order valence-corrected chi connectivity index (χ3v) is 6.76. The molecular weight excluding hydrogens is 510 g/mol. The van der Waals surface area contributed by atoms with E-state index in [0.29, 0.717) is 22.9 Å². The fourth-order valence-corrected chi connectivity index (χ4v) is 4.59. The number of anilines is 2. The number of aromatic carboxylic acids is 1. The summed E-state index contributed by atoms with van der Waals surface area (Å²) >= 11 is 0.610. The number of carboxylic acids is 1. The SMILES string of the molecule is COc1ccc(NC(=O)C2CN(c3nc4c(c(C)c3F)c(=O)c(C(=O)O)cn4-c3ncc(F)s3)C2)nc1. The number of hydrogen-bond donors (Lipinski definition) is 2. The molecule has 1 amide bonds. The monoisotopic (exact) mass is 528 g/mol. The van der Waals surface area contributed by atoms with Crippen LogP contribution in [0.1, 0.15) is 15.9 Å². The number of hydrogen-bond acceptors (Lipinski definition) is 9. The number of rotatable bonds is 6. The fourth-order valence-electron chi connectivity index (χ4n) is 3.97. The number of carbonyl (C=O) groups is 2. The number of halogens is 2. The lowest BCUT2D eigenvalue weighted by Crippen LogP contribution is -2.53. The van der Waals surface area contributed by atoms with Gasteiger partial charge >= 0.3 is 5.97 Å². The lowest BCUT2D eigenvalue weighted by atomic mass is 9.98. The number of amides is 1. The van der Waals surface area contributed by atoms with Crippen molar-refractivity contribution in [2.45, 2.75) is 6.92 Å². The van der Waals surface area contributed by atoms with Crippen LogP contribution in [0.4, 0.5) is 20.4 Å². The zero-order valence-electron chi connectivity index (χ0n) is 19.4. The second kappa shape index (κ2) is 9.20. The average Bonchev–Trinajstić information content (AvgIpc) is 3.27. The summed E-state index contributed by atoms with van der Waals surface area (Å²) in [5.74, 6) is -2.38. The number of ether oxygens (including phenoxy) is 1. The number of aromatic nitrogens is 4. The number of nitrogens with zero attached hydrogens (tertiary/aromatic N) is 5. The molecule has 37 heavy (non-hydrogen) atoms. The van der Waals surface area contributed by atoms with Gasteiger partial charge in [0.05, 0.1) is 30.8 Å². The Kier molecular flexibility index (Phi) is 6.03. The minimum Gasteiger partial charge on any atom is -0.495 e. The van der Waals surface area contributed by atoms with Crippen molar-refractivity contribution < 1.29 is 28.2 Å². The first-order valence-electron chi connectivity index (χ1n) is 10.8. The molecule has 0 atom stereocenters. The van der Waals surface area contributed by atoms with Crippen LogP contribution in [-0.4, -0.2) is 56.7 Å². The fraction of sp³-hybridized carbons (Fsp3) is 0.217. The van der Waals surface area contributed by atoms with Crippen LogP contribution in [0, 0.1) is 23.8 Å². The molecule has 0 unspecified atom stereocenters. The molecule has 14 heteroatoms. The standard InChI is InChI=1S/C23H18F2N6O5S/c1-10-16-18(32)13(22(34)35)9-31(23-27-6-14(24)37-23)19(16)29-20(17(10)25)30-7-11(8-30)21(33)28-15-4-3-12(36-2)5-26-15/h3-6,9,11H,7-8H2,1-2H3,(H,34,35)(H,26,28,33). The molecule has 5 rings (SSSR count). The first-order chi connectivity index (χ1) is 17.7. The van der Waals surface area contributed by atoms with Crippen LogP contribution >= 0.6 is 11.3 Å². The second-order valence-electron chi connectivity index (χ2n) is 8.24. The number of methoxy groups -OCH3 is 1. The molecule has 11 nitrogen and oxygen atoms in total. The van der Waals surface area contributed by atoms with E-state index in [1.165, 1.54) is 25.1 Å². The summed E-state index contributed by atoms with van der Waals surface area (Å²) in [6, 6.07) is 3.24. The molecule has 1 saturated heterocycles. The van der Waals surface area contributed by atoms with E-state index in [9.17, 15) is 23.9 Å². The van der Waals surface area contributed by atoms with Crippen LogP contribution in [0.5, 0.6) is 5.75 Å². The van der Waals surface area contributed by atoms with Crippen molar-refractivity contribution >= 4 is 45.9 Å². The molecule has 1 fully saturated rings. The number of fused-ring (bicyclic) bond motifs is 1. The number of carboxylic acid groups (broad SMARTS) is 1. The van der Waals surface area contributed by atoms with E-state index in [1.807, 2.05) is 0 Å². The van der Waals surface area contributed by atoms with Gasteiger partial charge in [0.2, 0.25) is 11.3 Å². The molecule has 4 aromatic rings. The van der Waals surface area contributed by atoms with E-state index in [2.05, 4.69) is 20.3 Å². The van der Waals surface area contributed by atoms with Crippen molar-refractivity contribution in [2.24, 2.45) is 5.92 Å². The summed E-state index contributed by atoms with van der Waals surface area (Å²) in [6.45, 7) is 1.61. The normalized spacial score (nSPS) is 13.5. The van der Waals surface area contributed by atoms with Gasteiger partial charge in [-0.25, -0.2) is 24.1 Å². The van der Waals surface area contributed by atoms with E-state index >= 15 is 4.39 Å². The Morgan fingerprint density at radius 2 is 1.97 bits per heavy atom. The number of pyridine rings is 3. The van der Waals surface area contributed by atoms with Crippen molar-refractivity contribution in [3.63, 3.8) is 0 Å². The largest absolute Gasteiger partial charge is 0.495 e. The first-order valence-corrected chi connectivity index (χ1v) is 11.7. The van der Waals surface area contributed by atoms with Gasteiger partial charge in [-0.15, -0.1) is 0 Å². The van der Waals surface area contributed by atoms with E-state index in [1.54, 1.807) is 12.1 Å². The van der Waals surface area contributed by atoms with Gasteiger partial charge in [-0.1, -0.05) is 11.3 Å². The smallest absolute Gasteiger partial charge is 0.341 e. The molecule has 1 aliphatic heterocycles. The molecule has 0 spiro atoms. The van der Waals surface area contributed by atoms with Gasteiger partial charge in [0, 0.05) is 24.8 Å². The molecule has 2 N–H and O–H groups in total. The minimum absolute atomic E-state index is 0.0160. The molecule has 0 bridgehead atoms. The summed E-state index contributed by atoms with van der Waals surface area (Å²) in [6.07, 6.45) is 3.40. The van der Waals surface area contributed by atoms with Crippen molar-refractivity contribution in [3.05, 3.63) is 63.0 Å². The Bertz CT molecular complexity index is 1610. The highest BCUT2D eigenvalue weighted by atomic mass is 32.1. The summed E-state index contributed by atoms with van der Waals surface area (Å²) < 4.78 is 35.3. The zero-order chi connectivity index (χ0) is 26.4. The van der Waals surface area contributed by atoms with Crippen molar-refractivity contribution in [1.82, 2.24) is 19.5 Å². The van der Waals surface area contributed by atoms with E-state index in [0.717, 1.165) is 17.0 Å². The van der Waals surface area contributed by atoms with Gasteiger partial charge in [0.1, 0.15) is 17.1 Å². The summed E-state index contributed by atoms with van der Waals surface area (Å²) in [5.41, 5.74) is -1.74. The van der Waals surface area contributed by atoms with E-state index in [-0.39, 0.29) is 46.5 Å². The van der Waals surface area contributed by atoms with Crippen LogP contribution in [-0.2, 0) is 4.79 Å². The summed E-state index contributed by atoms with van der Waals surface area (Å²) in [4.78, 5) is 51.0. The summed E-state index contributed by atoms with van der Waals surface area (Å²) in [7, 11) is 1.50. The highest BCUT2D eigenvalue weighted by Gasteiger charge is 2.36. The van der Waals surface area contributed by atoms with Crippen molar-refractivity contribution in [2.75, 3.05) is 30.4 Å². The lowest BCUT2D eigenvalue weighted by Gasteiger charge is -2.39. The van der Waals surface area contributed by atoms with Crippen LogP contribution in [0.25, 0.3) is 16.2 Å². The highest BCUT2D eigenvalue weighted by molar-refractivity contribution is 7.12. The third kappa shape index (κ3) is 4.24. The number of carbonyl (C=O) groups excluding carboxylic acids is 1. The van der Waals surface area contributed by atoms with Gasteiger partial charge < -0.3 is 20.1 Å². The van der Waals surface area contributed by atoms with Crippen LogP contribution < -0.4 is 20.4 Å². The molecule has 190 valence electrons. The molecule has 5 heterocycles. The Hall–Kier alpha value is -4.46. The predicted molar refractivity (Wildman–Crippen MR) is 130 cm³/mol. The van der Waals surface area contributed by atoms with Crippen LogP contribution in [0.2, 0.25) is 0 Å². The molecular formula is C23H18F2N6O5S. The van der Waals surface area contributed by atoms with Gasteiger partial charge in [-0.3, -0.25) is 14.2 Å². The molecule has 0 radical (unpaired) electrons. The topological polar surface area (TPSA) is 140 Å². The van der Waals surface area contributed by atoms with Gasteiger partial charge in [0.25, 0.3) is 0 Å². The first kappa shape index (κ1) is 24.2. The quantitative estimate of drug-likeness (QED) is 0.387. The van der Waals surface area contributed by atoms with Gasteiger partial charge in [0.15, 0.2) is 27.5 Å². The maximum atomic E-state index is 15.4. The Balaban J connectivity index is 1.48. The molecule has 1 aliphatic rings. The molecule has 0 aromatic carbocycles. The van der Waals surface area contributed by atoms with Gasteiger partial charge in [-0.05, 0) is 19.1 Å². The number of thiazole rings is 1. The number of aryl methyl sites for hydroxylation is 1. The van der Waals surface area contributed by atoms with E-state index < -0.39 is 33.8 Å². The van der Waals surface area contributed by atoms with Crippen molar-refractivity contribution in [3.8, 4) is 10.9 Å². The Morgan fingerprint density at radius 3 is 2.57 bits per heavy atom. The maximum absolute atomic E-state index is 15.4. The Labute approximate surface area is 211 Å². The Morgan fingerprint density at radius 1 is 1.22 bits per heavy atom. The molecule has 0 saturated carbocycles. The van der Waals surface area contributed by atoms with Crippen molar-refractivity contribution in [1.29, 1.82) is 0 Å². The zero-order valence-corrected chi connectivity index (χ0v) is 20.2. The maximum Gasteiger partial charge on any atom is 0.341 e. The second-order valence-corrected chi connectivity index (χ2v) is 9.20. The number of nitrogens with one attached hydrogen (secondary N) is 1. The predicted octanol–water partition coefficient (Wildman–Crippen LogP) is 2.61. The highest BCUT2D eigenvalue weighted by Crippen LogP contribution is 2.32. The van der Waals surface area contributed by atoms with Gasteiger partial charge in [-0.2, -0.15) is 4.39 Å². The summed E-state index contributed by atoms with van der Waals surface area (Å²) in [5, 5.41) is 11.3. The molecule has 4 aromatic heterocycles. The third-order valence-electron chi connectivity index (χ3n) is 5.97. The molecule has 0 aliphatic carbocycles. The van der Waals surface area contributed by atoms with E-state index in [4.69, 9.17) is 4.74 Å². The lowest BCUT2D eigenvalue weighted by molar-refractivity contribution is -0.120. The van der Waals surface area contributed by atoms with Crippen LogP contribution in [0.15, 0.2) is 35.5 Å².